The van der Waals surface area contributed by atoms with Crippen LogP contribution in [0.15, 0.2) is 12.1 Å². The van der Waals surface area contributed by atoms with Crippen LogP contribution in [-0.2, 0) is 16.0 Å². The van der Waals surface area contributed by atoms with Gasteiger partial charge in [-0.15, -0.1) is 0 Å². The first kappa shape index (κ1) is 14.7. The maximum absolute atomic E-state index is 11.2. The third kappa shape index (κ3) is 5.33. The summed E-state index contributed by atoms with van der Waals surface area (Å²) in [5.41, 5.74) is 1.46. The molecule has 1 rings (SSSR count). The number of hydrogen-bond acceptors (Lipinski definition) is 4. The lowest BCUT2D eigenvalue weighted by Gasteiger charge is -2.04. The van der Waals surface area contributed by atoms with Crippen molar-refractivity contribution >= 4 is 5.97 Å². The van der Waals surface area contributed by atoms with Crippen LogP contribution in [-0.4, -0.2) is 37.8 Å². The molecule has 0 aliphatic heterocycles. The number of aromatic nitrogens is 1. The minimum absolute atomic E-state index is 0.339. The zero-order valence-corrected chi connectivity index (χ0v) is 11.1. The normalized spacial score (nSPS) is 10.6. The highest BCUT2D eigenvalue weighted by Crippen LogP contribution is 2.02. The molecular formula is C13H22N2O3. The first-order valence-corrected chi connectivity index (χ1v) is 6.32. The summed E-state index contributed by atoms with van der Waals surface area (Å²) in [5.74, 6) is -0.339. The van der Waals surface area contributed by atoms with Gasteiger partial charge in [0.15, 0.2) is 0 Å². The lowest BCUT2D eigenvalue weighted by atomic mass is 10.4. The maximum Gasteiger partial charge on any atom is 0.354 e. The molecule has 1 aromatic rings. The predicted molar refractivity (Wildman–Crippen MR) is 69.6 cm³/mol. The molecule has 0 saturated carbocycles. The molecule has 18 heavy (non-hydrogen) atoms. The van der Waals surface area contributed by atoms with Crippen molar-refractivity contribution in [3.63, 3.8) is 0 Å². The molecule has 1 heterocycles. The Hall–Kier alpha value is -1.33. The number of carbonyl (C=O) groups is 1. The van der Waals surface area contributed by atoms with Crippen LogP contribution in [0.1, 0.15) is 35.9 Å². The summed E-state index contributed by atoms with van der Waals surface area (Å²) in [7, 11) is 1.37. The highest BCUT2D eigenvalue weighted by atomic mass is 16.5. The van der Waals surface area contributed by atoms with Crippen LogP contribution >= 0.6 is 0 Å². The summed E-state index contributed by atoms with van der Waals surface area (Å²) < 4.78 is 10.00. The fraction of sp³-hybridized carbons (Fsp3) is 0.615. The Morgan fingerprint density at radius 1 is 1.39 bits per heavy atom. The molecule has 0 aliphatic carbocycles. The molecule has 0 amide bonds. The molecule has 5 heteroatoms. The van der Waals surface area contributed by atoms with Crippen molar-refractivity contribution in [1.82, 2.24) is 10.3 Å². The first-order chi connectivity index (χ1) is 8.77. The van der Waals surface area contributed by atoms with Gasteiger partial charge in [-0.3, -0.25) is 0 Å². The second-order valence-corrected chi connectivity index (χ2v) is 4.03. The molecule has 0 atom stereocenters. The molecule has 2 N–H and O–H groups in total. The van der Waals surface area contributed by atoms with Crippen molar-refractivity contribution in [1.29, 1.82) is 0 Å². The van der Waals surface area contributed by atoms with Crippen molar-refractivity contribution in [3.8, 4) is 0 Å². The molecule has 0 radical (unpaired) electrons. The van der Waals surface area contributed by atoms with E-state index in [0.717, 1.165) is 38.3 Å². The first-order valence-electron chi connectivity index (χ1n) is 6.32. The van der Waals surface area contributed by atoms with Gasteiger partial charge in [0.05, 0.1) is 7.11 Å². The standard InChI is InChI=1S/C13H22N2O3/c1-3-8-18-9-4-7-14-10-11-5-6-12(15-11)13(16)17-2/h5-6,14-15H,3-4,7-10H2,1-2H3. The lowest BCUT2D eigenvalue weighted by Crippen LogP contribution is -2.17. The minimum atomic E-state index is -0.339. The molecule has 0 aromatic carbocycles. The van der Waals surface area contributed by atoms with Gasteiger partial charge < -0.3 is 19.8 Å². The predicted octanol–water partition coefficient (Wildman–Crippen LogP) is 1.71. The number of aromatic amines is 1. The summed E-state index contributed by atoms with van der Waals surface area (Å²) in [5, 5.41) is 3.29. The fourth-order valence-corrected chi connectivity index (χ4v) is 1.54. The average Bonchev–Trinajstić information content (AvgIpc) is 2.85. The van der Waals surface area contributed by atoms with Gasteiger partial charge >= 0.3 is 5.97 Å². The van der Waals surface area contributed by atoms with E-state index >= 15 is 0 Å². The van der Waals surface area contributed by atoms with E-state index in [1.807, 2.05) is 6.07 Å². The minimum Gasteiger partial charge on any atom is -0.464 e. The molecule has 0 spiro atoms. The molecule has 0 fully saturated rings. The van der Waals surface area contributed by atoms with Gasteiger partial charge in [-0.1, -0.05) is 6.92 Å². The summed E-state index contributed by atoms with van der Waals surface area (Å²) in [6, 6.07) is 3.61. The van der Waals surface area contributed by atoms with E-state index < -0.39 is 0 Å². The Balaban J connectivity index is 2.12. The summed E-state index contributed by atoms with van der Waals surface area (Å²) in [6.07, 6.45) is 2.05. The van der Waals surface area contributed by atoms with Crippen LogP contribution in [0.5, 0.6) is 0 Å². The number of rotatable bonds is 9. The fourth-order valence-electron chi connectivity index (χ4n) is 1.54. The van der Waals surface area contributed by atoms with E-state index in [1.165, 1.54) is 7.11 Å². The average molecular weight is 254 g/mol. The Kier molecular flexibility index (Phi) is 7.13. The quantitative estimate of drug-likeness (QED) is 0.520. The lowest BCUT2D eigenvalue weighted by molar-refractivity contribution is 0.0594. The van der Waals surface area contributed by atoms with Crippen molar-refractivity contribution in [3.05, 3.63) is 23.5 Å². The van der Waals surface area contributed by atoms with Crippen molar-refractivity contribution in [2.45, 2.75) is 26.3 Å². The van der Waals surface area contributed by atoms with E-state index in [9.17, 15) is 4.79 Å². The number of hydrogen-bond donors (Lipinski definition) is 2. The summed E-state index contributed by atoms with van der Waals surface area (Å²) in [6.45, 7) is 5.33. The molecule has 0 bridgehead atoms. The second-order valence-electron chi connectivity index (χ2n) is 4.03. The third-order valence-electron chi connectivity index (χ3n) is 2.46. The van der Waals surface area contributed by atoms with E-state index in [2.05, 4.69) is 22.0 Å². The Morgan fingerprint density at radius 3 is 2.94 bits per heavy atom. The van der Waals surface area contributed by atoms with E-state index in [-0.39, 0.29) is 5.97 Å². The number of methoxy groups -OCH3 is 1. The third-order valence-corrected chi connectivity index (χ3v) is 2.46. The number of ether oxygens (including phenoxy) is 2. The largest absolute Gasteiger partial charge is 0.464 e. The van der Waals surface area contributed by atoms with Crippen LogP contribution in [0.4, 0.5) is 0 Å². The van der Waals surface area contributed by atoms with Crippen molar-refractivity contribution in [2.75, 3.05) is 26.9 Å². The second kappa shape index (κ2) is 8.72. The molecule has 102 valence electrons. The summed E-state index contributed by atoms with van der Waals surface area (Å²) in [4.78, 5) is 14.2. The Morgan fingerprint density at radius 2 is 2.22 bits per heavy atom. The zero-order chi connectivity index (χ0) is 13.2. The zero-order valence-electron chi connectivity index (χ0n) is 11.1. The number of carbonyl (C=O) groups excluding carboxylic acids is 1. The van der Waals surface area contributed by atoms with Crippen LogP contribution < -0.4 is 5.32 Å². The topological polar surface area (TPSA) is 63.4 Å². The Labute approximate surface area is 108 Å². The monoisotopic (exact) mass is 254 g/mol. The van der Waals surface area contributed by atoms with Crippen molar-refractivity contribution < 1.29 is 14.3 Å². The highest BCUT2D eigenvalue weighted by molar-refractivity contribution is 5.87. The van der Waals surface area contributed by atoms with Gasteiger partial charge in [0, 0.05) is 25.5 Å². The number of esters is 1. The maximum atomic E-state index is 11.2. The molecule has 0 saturated heterocycles. The van der Waals surface area contributed by atoms with Gasteiger partial charge in [0.2, 0.25) is 0 Å². The molecule has 5 nitrogen and oxygen atoms in total. The summed E-state index contributed by atoms with van der Waals surface area (Å²) >= 11 is 0. The Bertz CT molecular complexity index is 350. The van der Waals surface area contributed by atoms with Gasteiger partial charge in [0.25, 0.3) is 0 Å². The molecule has 0 aliphatic rings. The number of nitrogens with one attached hydrogen (secondary N) is 2. The van der Waals surface area contributed by atoms with Crippen LogP contribution in [0.25, 0.3) is 0 Å². The molecular weight excluding hydrogens is 232 g/mol. The van der Waals surface area contributed by atoms with E-state index in [4.69, 9.17) is 4.74 Å². The van der Waals surface area contributed by atoms with Gasteiger partial charge in [-0.05, 0) is 31.5 Å². The van der Waals surface area contributed by atoms with Crippen molar-refractivity contribution in [2.24, 2.45) is 0 Å². The smallest absolute Gasteiger partial charge is 0.354 e. The van der Waals surface area contributed by atoms with E-state index in [0.29, 0.717) is 12.2 Å². The van der Waals surface area contributed by atoms with Gasteiger partial charge in [0.1, 0.15) is 5.69 Å². The van der Waals surface area contributed by atoms with E-state index in [1.54, 1.807) is 6.07 Å². The van der Waals surface area contributed by atoms with Crippen LogP contribution in [0.2, 0.25) is 0 Å². The molecule has 1 aromatic heterocycles. The highest BCUT2D eigenvalue weighted by Gasteiger charge is 2.07. The van der Waals surface area contributed by atoms with Gasteiger partial charge in [-0.2, -0.15) is 0 Å². The SMILES string of the molecule is CCCOCCCNCc1ccc(C(=O)OC)[nH]1. The van der Waals surface area contributed by atoms with Gasteiger partial charge in [-0.25, -0.2) is 4.79 Å². The number of H-pyrrole nitrogens is 1. The molecule has 0 unspecified atom stereocenters. The van der Waals surface area contributed by atoms with Crippen LogP contribution in [0.3, 0.4) is 0 Å². The van der Waals surface area contributed by atoms with Crippen LogP contribution in [0, 0.1) is 0 Å².